The Labute approximate surface area is 180 Å². The number of nitrogens with one attached hydrogen (secondary N) is 1. The Bertz CT molecular complexity index is 1210. The molecule has 0 aromatic heterocycles. The predicted octanol–water partition coefficient (Wildman–Crippen LogP) is 5.89. The summed E-state index contributed by atoms with van der Waals surface area (Å²) in [6.07, 6.45) is 2.80. The van der Waals surface area contributed by atoms with E-state index in [0.29, 0.717) is 16.8 Å². The number of carbonyl (C=O) groups is 2. The molecule has 5 heteroatoms. The quantitative estimate of drug-likeness (QED) is 0.558. The number of hydrogen-bond donors (Lipinski definition) is 2. The third-order valence-corrected chi connectivity index (χ3v) is 5.67. The number of carboxylic acid groups (broad SMARTS) is 1. The first-order valence-corrected chi connectivity index (χ1v) is 10.0. The van der Waals surface area contributed by atoms with Crippen LogP contribution in [0.2, 0.25) is 0 Å². The van der Waals surface area contributed by atoms with Crippen molar-refractivity contribution >= 4 is 23.1 Å². The van der Waals surface area contributed by atoms with Crippen molar-refractivity contribution in [1.82, 2.24) is 0 Å². The number of halogens is 1. The highest BCUT2D eigenvalue weighted by atomic mass is 19.1. The van der Waals surface area contributed by atoms with Gasteiger partial charge in [0, 0.05) is 16.8 Å². The van der Waals surface area contributed by atoms with Gasteiger partial charge in [0.2, 0.25) is 0 Å². The summed E-state index contributed by atoms with van der Waals surface area (Å²) in [6.45, 7) is 4.26. The average molecular weight is 415 g/mol. The van der Waals surface area contributed by atoms with Crippen molar-refractivity contribution in [2.45, 2.75) is 25.7 Å². The molecule has 1 aliphatic carbocycles. The summed E-state index contributed by atoms with van der Waals surface area (Å²) in [4.78, 5) is 23.9. The smallest absolute Gasteiger partial charge is 0.335 e. The number of benzene rings is 3. The van der Waals surface area contributed by atoms with Crippen LogP contribution in [-0.4, -0.2) is 17.0 Å². The van der Waals surface area contributed by atoms with Crippen LogP contribution in [0.25, 0.3) is 5.57 Å². The lowest BCUT2D eigenvalue weighted by Gasteiger charge is -2.32. The van der Waals surface area contributed by atoms with Gasteiger partial charge in [0.25, 0.3) is 5.91 Å². The molecule has 0 saturated heterocycles. The molecule has 0 unspecified atom stereocenters. The van der Waals surface area contributed by atoms with E-state index in [1.165, 1.54) is 18.2 Å². The van der Waals surface area contributed by atoms with Crippen molar-refractivity contribution in [2.24, 2.45) is 0 Å². The van der Waals surface area contributed by atoms with Crippen LogP contribution in [0, 0.1) is 5.82 Å². The summed E-state index contributed by atoms with van der Waals surface area (Å²) in [5.74, 6) is -1.64. The molecule has 0 aliphatic heterocycles. The summed E-state index contributed by atoms with van der Waals surface area (Å²) >= 11 is 0. The molecule has 0 saturated carbocycles. The van der Waals surface area contributed by atoms with Crippen LogP contribution in [-0.2, 0) is 5.41 Å². The summed E-state index contributed by atoms with van der Waals surface area (Å²) < 4.78 is 14.5. The van der Waals surface area contributed by atoms with Crippen LogP contribution < -0.4 is 5.32 Å². The Hall–Kier alpha value is -3.73. The standard InChI is InChI=1S/C26H22FNO3/c1-26(2)14-13-19(20-5-3-4-6-23(20)27)21-15-17(9-12-22(21)26)24(29)28-18-10-7-16(8-11-18)25(30)31/h3-13,15H,14H2,1-2H3,(H,28,29)(H,30,31). The van der Waals surface area contributed by atoms with Gasteiger partial charge in [-0.1, -0.05) is 44.2 Å². The Morgan fingerprint density at radius 3 is 2.29 bits per heavy atom. The molecule has 0 atom stereocenters. The lowest BCUT2D eigenvalue weighted by atomic mass is 9.72. The zero-order valence-electron chi connectivity index (χ0n) is 17.3. The normalized spacial score (nSPS) is 14.4. The van der Waals surface area contributed by atoms with Crippen LogP contribution in [0.5, 0.6) is 0 Å². The number of fused-ring (bicyclic) bond motifs is 1. The molecule has 3 aromatic carbocycles. The van der Waals surface area contributed by atoms with Gasteiger partial charge in [-0.3, -0.25) is 4.79 Å². The van der Waals surface area contributed by atoms with Crippen molar-refractivity contribution in [2.75, 3.05) is 5.32 Å². The second kappa shape index (κ2) is 7.84. The van der Waals surface area contributed by atoms with Gasteiger partial charge in [0.1, 0.15) is 5.82 Å². The number of allylic oxidation sites excluding steroid dienone is 1. The van der Waals surface area contributed by atoms with Crippen LogP contribution in [0.15, 0.2) is 72.8 Å². The topological polar surface area (TPSA) is 66.4 Å². The predicted molar refractivity (Wildman–Crippen MR) is 119 cm³/mol. The van der Waals surface area contributed by atoms with Gasteiger partial charge in [0.05, 0.1) is 5.56 Å². The third-order valence-electron chi connectivity index (χ3n) is 5.67. The maximum Gasteiger partial charge on any atom is 0.335 e. The lowest BCUT2D eigenvalue weighted by Crippen LogP contribution is -2.23. The zero-order valence-corrected chi connectivity index (χ0v) is 17.3. The van der Waals surface area contributed by atoms with E-state index in [0.717, 1.165) is 23.1 Å². The molecule has 0 bridgehead atoms. The van der Waals surface area contributed by atoms with Crippen molar-refractivity contribution in [3.8, 4) is 0 Å². The SMILES string of the molecule is CC1(C)CC=C(c2ccccc2F)c2cc(C(=O)Nc3ccc(C(=O)O)cc3)ccc21. The Morgan fingerprint density at radius 1 is 0.935 bits per heavy atom. The van der Waals surface area contributed by atoms with Gasteiger partial charge in [0.15, 0.2) is 0 Å². The molecule has 0 spiro atoms. The maximum absolute atomic E-state index is 14.5. The molecule has 31 heavy (non-hydrogen) atoms. The van der Waals surface area contributed by atoms with E-state index in [4.69, 9.17) is 5.11 Å². The van der Waals surface area contributed by atoms with Gasteiger partial charge in [-0.25, -0.2) is 9.18 Å². The second-order valence-corrected chi connectivity index (χ2v) is 8.28. The number of amides is 1. The van der Waals surface area contributed by atoms with Crippen LogP contribution in [0.3, 0.4) is 0 Å². The number of hydrogen-bond acceptors (Lipinski definition) is 2. The fourth-order valence-corrected chi connectivity index (χ4v) is 3.91. The molecule has 2 N–H and O–H groups in total. The van der Waals surface area contributed by atoms with Gasteiger partial charge in [-0.15, -0.1) is 0 Å². The third kappa shape index (κ3) is 3.99. The zero-order chi connectivity index (χ0) is 22.2. The van der Waals surface area contributed by atoms with Gasteiger partial charge < -0.3 is 10.4 Å². The molecule has 1 amide bonds. The van der Waals surface area contributed by atoms with E-state index in [9.17, 15) is 14.0 Å². The number of aromatic carboxylic acids is 1. The monoisotopic (exact) mass is 415 g/mol. The summed E-state index contributed by atoms with van der Waals surface area (Å²) in [7, 11) is 0. The summed E-state index contributed by atoms with van der Waals surface area (Å²) in [5, 5.41) is 11.8. The number of carboxylic acids is 1. The molecule has 0 radical (unpaired) electrons. The van der Waals surface area contributed by atoms with Crippen molar-refractivity contribution in [1.29, 1.82) is 0 Å². The molecule has 156 valence electrons. The minimum Gasteiger partial charge on any atom is -0.478 e. The molecule has 4 nitrogen and oxygen atoms in total. The van der Waals surface area contributed by atoms with Crippen molar-refractivity contribution in [3.05, 3.63) is 106 Å². The first-order chi connectivity index (χ1) is 14.8. The highest BCUT2D eigenvalue weighted by Crippen LogP contribution is 2.42. The molecular weight excluding hydrogens is 393 g/mol. The molecule has 0 fully saturated rings. The Balaban J connectivity index is 1.69. The molecule has 1 aliphatic rings. The van der Waals surface area contributed by atoms with Crippen molar-refractivity contribution < 1.29 is 19.1 Å². The van der Waals surface area contributed by atoms with Crippen molar-refractivity contribution in [3.63, 3.8) is 0 Å². The van der Waals surface area contributed by atoms with Crippen LogP contribution in [0.4, 0.5) is 10.1 Å². The lowest BCUT2D eigenvalue weighted by molar-refractivity contribution is 0.0696. The van der Waals surface area contributed by atoms with E-state index >= 15 is 0 Å². The second-order valence-electron chi connectivity index (χ2n) is 8.28. The Kier molecular flexibility index (Phi) is 5.19. The molecule has 3 aromatic rings. The minimum absolute atomic E-state index is 0.133. The largest absolute Gasteiger partial charge is 0.478 e. The number of rotatable bonds is 4. The summed E-state index contributed by atoms with van der Waals surface area (Å²) in [6, 6.07) is 18.1. The minimum atomic E-state index is -1.03. The molecular formula is C26H22FNO3. The molecule has 0 heterocycles. The Morgan fingerprint density at radius 2 is 1.61 bits per heavy atom. The van der Waals surface area contributed by atoms with E-state index in [2.05, 4.69) is 19.2 Å². The van der Waals surface area contributed by atoms with E-state index < -0.39 is 5.97 Å². The highest BCUT2D eigenvalue weighted by Gasteiger charge is 2.30. The number of anilines is 1. The van der Waals surface area contributed by atoms with Gasteiger partial charge in [-0.2, -0.15) is 0 Å². The fraction of sp³-hybridized carbons (Fsp3) is 0.154. The fourth-order valence-electron chi connectivity index (χ4n) is 3.91. The molecule has 4 rings (SSSR count). The highest BCUT2D eigenvalue weighted by molar-refractivity contribution is 6.05. The van der Waals surface area contributed by atoms with Crippen LogP contribution in [0.1, 0.15) is 57.7 Å². The summed E-state index contributed by atoms with van der Waals surface area (Å²) in [5.41, 5.74) is 4.17. The first-order valence-electron chi connectivity index (χ1n) is 10.0. The first kappa shape index (κ1) is 20.5. The van der Waals surface area contributed by atoms with E-state index in [1.807, 2.05) is 12.1 Å². The maximum atomic E-state index is 14.5. The van der Waals surface area contributed by atoms with Crippen LogP contribution >= 0.6 is 0 Å². The van der Waals surface area contributed by atoms with E-state index in [1.54, 1.807) is 42.5 Å². The number of carbonyl (C=O) groups excluding carboxylic acids is 1. The van der Waals surface area contributed by atoms with Gasteiger partial charge in [-0.05, 0) is 71.0 Å². The average Bonchev–Trinajstić information content (AvgIpc) is 2.75. The van der Waals surface area contributed by atoms with Gasteiger partial charge >= 0.3 is 5.97 Å². The van der Waals surface area contributed by atoms with E-state index in [-0.39, 0.29) is 22.7 Å².